The lowest BCUT2D eigenvalue weighted by Crippen LogP contribution is -2.42. The fourth-order valence-corrected chi connectivity index (χ4v) is 2.26. The fraction of sp³-hybridized carbons (Fsp3) is 0.467. The van der Waals surface area contributed by atoms with Crippen molar-refractivity contribution in [1.82, 2.24) is 4.90 Å². The lowest BCUT2D eigenvalue weighted by atomic mass is 9.97. The summed E-state index contributed by atoms with van der Waals surface area (Å²) in [6.45, 7) is 5.49. The van der Waals surface area contributed by atoms with Crippen LogP contribution in [0.2, 0.25) is 0 Å². The van der Waals surface area contributed by atoms with Gasteiger partial charge in [0, 0.05) is 13.1 Å². The third-order valence-corrected chi connectivity index (χ3v) is 3.40. The van der Waals surface area contributed by atoms with Gasteiger partial charge in [0.2, 0.25) is 5.91 Å². The Bertz CT molecular complexity index is 419. The van der Waals surface area contributed by atoms with Crippen molar-refractivity contribution in [3.63, 3.8) is 0 Å². The largest absolute Gasteiger partial charge is 0.393 e. The highest BCUT2D eigenvalue weighted by atomic mass is 32.1. The second kappa shape index (κ2) is 7.89. The Kier molecular flexibility index (Phi) is 6.50. The smallest absolute Gasteiger partial charge is 0.232 e. The summed E-state index contributed by atoms with van der Waals surface area (Å²) in [5.74, 6) is -0.357. The third-order valence-electron chi connectivity index (χ3n) is 3.11. The average molecular weight is 278 g/mol. The minimum atomic E-state index is -0.399. The molecule has 2 N–H and O–H groups in total. The zero-order valence-corrected chi connectivity index (χ0v) is 12.5. The van der Waals surface area contributed by atoms with Crippen molar-refractivity contribution in [2.24, 2.45) is 11.7 Å². The summed E-state index contributed by atoms with van der Waals surface area (Å²) >= 11 is 5.07. The van der Waals surface area contributed by atoms with Gasteiger partial charge >= 0.3 is 0 Å². The van der Waals surface area contributed by atoms with Crippen LogP contribution >= 0.6 is 12.2 Å². The minimum absolute atomic E-state index is 0.0423. The second-order valence-electron chi connectivity index (χ2n) is 4.56. The highest BCUT2D eigenvalue weighted by Crippen LogP contribution is 2.13. The van der Waals surface area contributed by atoms with Crippen molar-refractivity contribution in [3.05, 3.63) is 35.9 Å². The lowest BCUT2D eigenvalue weighted by Gasteiger charge is -2.25. The van der Waals surface area contributed by atoms with Crippen LogP contribution in [0, 0.1) is 5.92 Å². The SMILES string of the molecule is CCCN(CC)C(=O)C(Cc1ccccc1)C(N)=S. The molecule has 0 aromatic heterocycles. The first-order valence-corrected chi connectivity index (χ1v) is 7.13. The van der Waals surface area contributed by atoms with Crippen LogP contribution in [0.4, 0.5) is 0 Å². The molecule has 0 saturated carbocycles. The Morgan fingerprint density at radius 1 is 1.32 bits per heavy atom. The molecular weight excluding hydrogens is 256 g/mol. The van der Waals surface area contributed by atoms with E-state index in [0.29, 0.717) is 13.0 Å². The van der Waals surface area contributed by atoms with Crippen molar-refractivity contribution in [1.29, 1.82) is 0 Å². The number of thiocarbonyl (C=S) groups is 1. The Hall–Kier alpha value is -1.42. The van der Waals surface area contributed by atoms with Crippen LogP contribution in [0.1, 0.15) is 25.8 Å². The van der Waals surface area contributed by atoms with Gasteiger partial charge in [-0.1, -0.05) is 49.5 Å². The summed E-state index contributed by atoms with van der Waals surface area (Å²) in [6.07, 6.45) is 1.52. The maximum Gasteiger partial charge on any atom is 0.232 e. The molecule has 0 aliphatic carbocycles. The molecule has 104 valence electrons. The first-order valence-electron chi connectivity index (χ1n) is 6.72. The van der Waals surface area contributed by atoms with E-state index in [9.17, 15) is 4.79 Å². The predicted octanol–water partition coefficient (Wildman–Crippen LogP) is 2.39. The molecule has 1 atom stereocenters. The molecule has 0 spiro atoms. The van der Waals surface area contributed by atoms with Crippen molar-refractivity contribution in [2.45, 2.75) is 26.7 Å². The Morgan fingerprint density at radius 3 is 2.42 bits per heavy atom. The van der Waals surface area contributed by atoms with Gasteiger partial charge < -0.3 is 10.6 Å². The number of carbonyl (C=O) groups excluding carboxylic acids is 1. The third kappa shape index (κ3) is 4.63. The molecule has 19 heavy (non-hydrogen) atoms. The maximum atomic E-state index is 12.5. The van der Waals surface area contributed by atoms with Crippen LogP contribution < -0.4 is 5.73 Å². The number of hydrogen-bond donors (Lipinski definition) is 1. The number of hydrogen-bond acceptors (Lipinski definition) is 2. The Morgan fingerprint density at radius 2 is 1.95 bits per heavy atom. The van der Waals surface area contributed by atoms with Crippen LogP contribution in [0.5, 0.6) is 0 Å². The van der Waals surface area contributed by atoms with E-state index >= 15 is 0 Å². The van der Waals surface area contributed by atoms with E-state index in [1.54, 1.807) is 0 Å². The average Bonchev–Trinajstić information content (AvgIpc) is 2.42. The summed E-state index contributed by atoms with van der Waals surface area (Å²) in [4.78, 5) is 14.6. The van der Waals surface area contributed by atoms with Crippen LogP contribution in [0.3, 0.4) is 0 Å². The molecule has 1 aromatic carbocycles. The summed E-state index contributed by atoms with van der Waals surface area (Å²) in [7, 11) is 0. The van der Waals surface area contributed by atoms with E-state index in [-0.39, 0.29) is 10.9 Å². The second-order valence-corrected chi connectivity index (χ2v) is 5.03. The predicted molar refractivity (Wildman–Crippen MR) is 83.0 cm³/mol. The summed E-state index contributed by atoms with van der Waals surface area (Å²) < 4.78 is 0. The quantitative estimate of drug-likeness (QED) is 0.779. The van der Waals surface area contributed by atoms with Crippen molar-refractivity contribution < 1.29 is 4.79 Å². The van der Waals surface area contributed by atoms with E-state index in [1.807, 2.05) is 42.2 Å². The number of nitrogens with zero attached hydrogens (tertiary/aromatic N) is 1. The van der Waals surface area contributed by atoms with Gasteiger partial charge in [0.25, 0.3) is 0 Å². The molecule has 0 fully saturated rings. The lowest BCUT2D eigenvalue weighted by molar-refractivity contribution is -0.133. The topological polar surface area (TPSA) is 46.3 Å². The van der Waals surface area contributed by atoms with Crippen LogP contribution in [0.15, 0.2) is 30.3 Å². The summed E-state index contributed by atoms with van der Waals surface area (Å²) in [5, 5.41) is 0. The van der Waals surface area contributed by atoms with Gasteiger partial charge in [-0.15, -0.1) is 0 Å². The molecule has 1 rings (SSSR count). The highest BCUT2D eigenvalue weighted by Gasteiger charge is 2.25. The molecular formula is C15H22N2OS. The van der Waals surface area contributed by atoms with Crippen molar-refractivity contribution in [3.8, 4) is 0 Å². The van der Waals surface area contributed by atoms with Gasteiger partial charge in [-0.25, -0.2) is 0 Å². The zero-order valence-electron chi connectivity index (χ0n) is 11.6. The molecule has 0 aliphatic heterocycles. The molecule has 1 amide bonds. The molecule has 3 nitrogen and oxygen atoms in total. The fourth-order valence-electron chi connectivity index (χ4n) is 2.07. The van der Waals surface area contributed by atoms with Gasteiger partial charge in [0.15, 0.2) is 0 Å². The van der Waals surface area contributed by atoms with E-state index in [1.165, 1.54) is 0 Å². The molecule has 4 heteroatoms. The number of benzene rings is 1. The zero-order chi connectivity index (χ0) is 14.3. The van der Waals surface area contributed by atoms with E-state index in [0.717, 1.165) is 18.5 Å². The van der Waals surface area contributed by atoms with Crippen LogP contribution in [-0.4, -0.2) is 28.9 Å². The summed E-state index contributed by atoms with van der Waals surface area (Å²) in [5.41, 5.74) is 6.84. The van der Waals surface area contributed by atoms with Crippen LogP contribution in [-0.2, 0) is 11.2 Å². The van der Waals surface area contributed by atoms with Crippen LogP contribution in [0.25, 0.3) is 0 Å². The van der Waals surface area contributed by atoms with Gasteiger partial charge in [0.1, 0.15) is 0 Å². The molecule has 0 aliphatic rings. The molecule has 0 radical (unpaired) electrons. The van der Waals surface area contributed by atoms with E-state index in [2.05, 4.69) is 6.92 Å². The number of rotatable bonds is 7. The molecule has 1 unspecified atom stereocenters. The normalized spacial score (nSPS) is 11.9. The molecule has 0 bridgehead atoms. The number of carbonyl (C=O) groups is 1. The minimum Gasteiger partial charge on any atom is -0.393 e. The number of nitrogens with two attached hydrogens (primary N) is 1. The van der Waals surface area contributed by atoms with Crippen molar-refractivity contribution >= 4 is 23.1 Å². The van der Waals surface area contributed by atoms with E-state index < -0.39 is 5.92 Å². The van der Waals surface area contributed by atoms with Gasteiger partial charge in [-0.05, 0) is 25.3 Å². The van der Waals surface area contributed by atoms with Crippen molar-refractivity contribution in [2.75, 3.05) is 13.1 Å². The monoisotopic (exact) mass is 278 g/mol. The molecule has 1 aromatic rings. The van der Waals surface area contributed by atoms with Gasteiger partial charge in [-0.2, -0.15) is 0 Å². The van der Waals surface area contributed by atoms with Gasteiger partial charge in [-0.3, -0.25) is 4.79 Å². The standard InChI is InChI=1S/C15H22N2OS/c1-3-10-17(4-2)15(18)13(14(16)19)11-12-8-6-5-7-9-12/h5-9,13H,3-4,10-11H2,1-2H3,(H2,16,19). The summed E-state index contributed by atoms with van der Waals surface area (Å²) in [6, 6.07) is 9.86. The first kappa shape index (κ1) is 15.6. The highest BCUT2D eigenvalue weighted by molar-refractivity contribution is 7.80. The number of amides is 1. The van der Waals surface area contributed by atoms with Gasteiger partial charge in [0.05, 0.1) is 10.9 Å². The van der Waals surface area contributed by atoms with E-state index in [4.69, 9.17) is 18.0 Å². The Balaban J connectivity index is 2.82. The first-order chi connectivity index (χ1) is 9.10. The Labute approximate surface area is 120 Å². The maximum absolute atomic E-state index is 12.5. The molecule has 0 saturated heterocycles. The molecule has 0 heterocycles.